The predicted octanol–water partition coefficient (Wildman–Crippen LogP) is 5.33. The van der Waals surface area contributed by atoms with Crippen molar-refractivity contribution >= 4 is 39.1 Å². The first-order valence-corrected chi connectivity index (χ1v) is 15.1. The molecule has 2 aliphatic heterocycles. The lowest BCUT2D eigenvalue weighted by molar-refractivity contribution is -0.138. The largest absolute Gasteiger partial charge is 0.340 e. The van der Waals surface area contributed by atoms with Gasteiger partial charge in [-0.1, -0.05) is 83.9 Å². The van der Waals surface area contributed by atoms with Gasteiger partial charge in [0.25, 0.3) is 0 Å². The summed E-state index contributed by atoms with van der Waals surface area (Å²) in [6.07, 6.45) is 1.29. The number of nitrogens with zero attached hydrogens (tertiary/aromatic N) is 3. The van der Waals surface area contributed by atoms with Crippen molar-refractivity contribution in [1.29, 1.82) is 0 Å². The third-order valence-electron chi connectivity index (χ3n) is 7.47. The fourth-order valence-electron chi connectivity index (χ4n) is 5.52. The molecule has 9 heteroatoms. The number of rotatable bonds is 6. The van der Waals surface area contributed by atoms with Crippen molar-refractivity contribution in [3.05, 3.63) is 100 Å². The summed E-state index contributed by atoms with van der Waals surface area (Å²) < 4.78 is 28.1. The Hall–Kier alpha value is -2.42. The molecule has 3 aromatic carbocycles. The number of hydrogen-bond donors (Lipinski definition) is 0. The fraction of sp³-hybridized carbons (Fsp3) is 0.345. The van der Waals surface area contributed by atoms with Gasteiger partial charge in [0.1, 0.15) is 4.90 Å². The van der Waals surface area contributed by atoms with Crippen LogP contribution in [0.1, 0.15) is 30.0 Å². The van der Waals surface area contributed by atoms with Gasteiger partial charge < -0.3 is 4.90 Å². The highest BCUT2D eigenvalue weighted by Gasteiger charge is 2.37. The van der Waals surface area contributed by atoms with Gasteiger partial charge >= 0.3 is 0 Å². The van der Waals surface area contributed by atoms with E-state index in [0.717, 1.165) is 13.1 Å². The number of benzene rings is 3. The zero-order valence-electron chi connectivity index (χ0n) is 21.0. The van der Waals surface area contributed by atoms with E-state index in [1.54, 1.807) is 6.07 Å². The number of carbonyl (C=O) groups is 1. The van der Waals surface area contributed by atoms with Crippen LogP contribution in [-0.2, 0) is 14.8 Å². The average molecular weight is 573 g/mol. The second kappa shape index (κ2) is 11.8. The Morgan fingerprint density at radius 2 is 1.42 bits per heavy atom. The van der Waals surface area contributed by atoms with Gasteiger partial charge in [-0.25, -0.2) is 8.42 Å². The number of halogens is 2. The molecular formula is C29H31Cl2N3O3S. The Bertz CT molecular complexity index is 1320. The summed E-state index contributed by atoms with van der Waals surface area (Å²) in [5, 5.41) is 0.435. The first-order chi connectivity index (χ1) is 18.3. The summed E-state index contributed by atoms with van der Waals surface area (Å²) in [5.74, 6) is -0.347. The number of piperazine rings is 1. The number of amides is 1. The summed E-state index contributed by atoms with van der Waals surface area (Å²) in [6, 6.07) is 25.4. The highest BCUT2D eigenvalue weighted by molar-refractivity contribution is 7.89. The molecule has 200 valence electrons. The summed E-state index contributed by atoms with van der Waals surface area (Å²) in [6.45, 7) is 3.22. The quantitative estimate of drug-likeness (QED) is 0.401. The number of piperidine rings is 1. The first kappa shape index (κ1) is 27.2. The minimum Gasteiger partial charge on any atom is -0.340 e. The molecule has 0 aromatic heterocycles. The minimum atomic E-state index is -3.86. The Labute approximate surface area is 234 Å². The molecule has 0 unspecified atom stereocenters. The average Bonchev–Trinajstić information content (AvgIpc) is 2.96. The van der Waals surface area contributed by atoms with E-state index in [1.807, 2.05) is 17.0 Å². The molecule has 2 heterocycles. The van der Waals surface area contributed by atoms with Crippen LogP contribution in [0.15, 0.2) is 83.8 Å². The first-order valence-electron chi connectivity index (χ1n) is 12.9. The minimum absolute atomic E-state index is 0.0127. The van der Waals surface area contributed by atoms with E-state index in [-0.39, 0.29) is 34.3 Å². The smallest absolute Gasteiger partial charge is 0.244 e. The zero-order chi connectivity index (χ0) is 26.7. The van der Waals surface area contributed by atoms with E-state index in [9.17, 15) is 13.2 Å². The highest BCUT2D eigenvalue weighted by Crippen LogP contribution is 2.32. The topological polar surface area (TPSA) is 60.9 Å². The van der Waals surface area contributed by atoms with E-state index < -0.39 is 10.0 Å². The van der Waals surface area contributed by atoms with Crippen molar-refractivity contribution in [2.75, 3.05) is 39.3 Å². The van der Waals surface area contributed by atoms with Crippen molar-refractivity contribution in [2.24, 2.45) is 5.92 Å². The van der Waals surface area contributed by atoms with E-state index in [1.165, 1.54) is 27.6 Å². The van der Waals surface area contributed by atoms with Gasteiger partial charge in [0.2, 0.25) is 15.9 Å². The summed E-state index contributed by atoms with van der Waals surface area (Å²) >= 11 is 12.3. The lowest BCUT2D eigenvalue weighted by Gasteiger charge is -2.41. The van der Waals surface area contributed by atoms with Crippen molar-refractivity contribution in [1.82, 2.24) is 14.1 Å². The second-order valence-corrected chi connectivity index (χ2v) is 12.6. The molecule has 1 atom stereocenters. The molecule has 38 heavy (non-hydrogen) atoms. The van der Waals surface area contributed by atoms with Crippen molar-refractivity contribution in [3.63, 3.8) is 0 Å². The van der Waals surface area contributed by atoms with Crippen molar-refractivity contribution in [3.8, 4) is 0 Å². The van der Waals surface area contributed by atoms with Crippen molar-refractivity contribution < 1.29 is 13.2 Å². The summed E-state index contributed by atoms with van der Waals surface area (Å²) in [5.41, 5.74) is 2.46. The van der Waals surface area contributed by atoms with Crippen LogP contribution in [0.3, 0.4) is 0 Å². The molecule has 2 saturated heterocycles. The van der Waals surface area contributed by atoms with Crippen LogP contribution in [-0.4, -0.2) is 67.7 Å². The number of carbonyl (C=O) groups excluding carboxylic acids is 1. The van der Waals surface area contributed by atoms with Crippen LogP contribution in [0.4, 0.5) is 0 Å². The van der Waals surface area contributed by atoms with Gasteiger partial charge in [-0.3, -0.25) is 9.69 Å². The zero-order valence-corrected chi connectivity index (χ0v) is 23.4. The predicted molar refractivity (Wildman–Crippen MR) is 151 cm³/mol. The lowest BCUT2D eigenvalue weighted by Crippen LogP contribution is -2.53. The molecule has 6 nitrogen and oxygen atoms in total. The van der Waals surface area contributed by atoms with Gasteiger partial charge in [-0.15, -0.1) is 0 Å². The maximum atomic E-state index is 13.5. The molecule has 2 fully saturated rings. The van der Waals surface area contributed by atoms with Crippen LogP contribution in [0, 0.1) is 5.92 Å². The van der Waals surface area contributed by atoms with Gasteiger partial charge in [-0.2, -0.15) is 4.31 Å². The van der Waals surface area contributed by atoms with E-state index >= 15 is 0 Å². The molecule has 3 aromatic rings. The second-order valence-electron chi connectivity index (χ2n) is 9.86. The normalized spacial score (nSPS) is 19.6. The third-order valence-corrected chi connectivity index (χ3v) is 10.0. The Kier molecular flexibility index (Phi) is 8.41. The fourth-order valence-corrected chi connectivity index (χ4v) is 7.78. The van der Waals surface area contributed by atoms with Gasteiger partial charge in [0.05, 0.1) is 17.0 Å². The van der Waals surface area contributed by atoms with E-state index in [0.29, 0.717) is 37.5 Å². The number of sulfonamides is 1. The molecule has 0 aliphatic carbocycles. The van der Waals surface area contributed by atoms with Gasteiger partial charge in [-0.05, 0) is 42.2 Å². The maximum absolute atomic E-state index is 13.5. The molecule has 0 N–H and O–H groups in total. The summed E-state index contributed by atoms with van der Waals surface area (Å²) in [7, 11) is -3.86. The lowest BCUT2D eigenvalue weighted by atomic mass is 9.95. The number of hydrogen-bond acceptors (Lipinski definition) is 4. The van der Waals surface area contributed by atoms with E-state index in [4.69, 9.17) is 23.2 Å². The van der Waals surface area contributed by atoms with Crippen molar-refractivity contribution in [2.45, 2.75) is 23.8 Å². The monoisotopic (exact) mass is 571 g/mol. The van der Waals surface area contributed by atoms with Crippen LogP contribution in [0.2, 0.25) is 10.0 Å². The van der Waals surface area contributed by atoms with Gasteiger partial charge in [0.15, 0.2) is 0 Å². The Morgan fingerprint density at radius 3 is 2.03 bits per heavy atom. The molecular weight excluding hydrogens is 541 g/mol. The molecule has 0 radical (unpaired) electrons. The standard InChI is InChI=1S/C29H31Cl2N3O3S/c30-25-13-14-26(31)27(20-25)38(36,37)34-15-7-12-24(21-34)29(35)33-18-16-32(17-19-33)28(22-8-3-1-4-9-22)23-10-5-2-6-11-23/h1-6,8-11,13-14,20,24,28H,7,12,15-19,21H2/t24-/m1/s1. The Morgan fingerprint density at radius 1 is 0.816 bits per heavy atom. The molecule has 0 spiro atoms. The van der Waals surface area contributed by atoms with Gasteiger partial charge in [0, 0.05) is 44.3 Å². The van der Waals surface area contributed by atoms with Crippen LogP contribution in [0.25, 0.3) is 0 Å². The molecule has 0 bridgehead atoms. The SMILES string of the molecule is O=C([C@@H]1CCCN(S(=O)(=O)c2cc(Cl)ccc2Cl)C1)N1CCN(C(c2ccccc2)c2ccccc2)CC1. The van der Waals surface area contributed by atoms with Crippen LogP contribution >= 0.6 is 23.2 Å². The molecule has 5 rings (SSSR count). The summed E-state index contributed by atoms with van der Waals surface area (Å²) in [4.78, 5) is 17.8. The third kappa shape index (κ3) is 5.77. The van der Waals surface area contributed by atoms with E-state index in [2.05, 4.69) is 53.4 Å². The van der Waals surface area contributed by atoms with Crippen LogP contribution < -0.4 is 0 Å². The molecule has 2 aliphatic rings. The maximum Gasteiger partial charge on any atom is 0.244 e. The highest BCUT2D eigenvalue weighted by atomic mass is 35.5. The molecule has 1 amide bonds. The Balaban J connectivity index is 1.26. The van der Waals surface area contributed by atoms with Crippen LogP contribution in [0.5, 0.6) is 0 Å². The molecule has 0 saturated carbocycles.